The molecule has 6 nitrogen and oxygen atoms in total. The Morgan fingerprint density at radius 3 is 2.58 bits per heavy atom. The highest BCUT2D eigenvalue weighted by molar-refractivity contribution is 5.73. The Morgan fingerprint density at radius 2 is 2.00 bits per heavy atom. The van der Waals surface area contributed by atoms with Crippen molar-refractivity contribution in [1.82, 2.24) is 10.2 Å². The number of hydrogen-bond donors (Lipinski definition) is 2. The van der Waals surface area contributed by atoms with E-state index in [-0.39, 0.29) is 12.5 Å². The predicted octanol–water partition coefficient (Wildman–Crippen LogP) is 1.56. The Kier molecular flexibility index (Phi) is 9.88. The molecule has 0 aliphatic rings. The van der Waals surface area contributed by atoms with Crippen molar-refractivity contribution < 1.29 is 19.4 Å². The van der Waals surface area contributed by atoms with Gasteiger partial charge in [-0.15, -0.1) is 0 Å². The third kappa shape index (κ3) is 11.5. The highest BCUT2D eigenvalue weighted by Gasteiger charge is 2.07. The highest BCUT2D eigenvalue weighted by atomic mass is 16.5. The van der Waals surface area contributed by atoms with Crippen LogP contribution in [0, 0.1) is 5.92 Å². The fourth-order valence-electron chi connectivity index (χ4n) is 1.36. The molecule has 112 valence electrons. The summed E-state index contributed by atoms with van der Waals surface area (Å²) in [6, 6.07) is -0.196. The fraction of sp³-hybridized carbons (Fsp3) is 0.846. The molecule has 0 saturated carbocycles. The van der Waals surface area contributed by atoms with Gasteiger partial charge in [0.2, 0.25) is 0 Å². The molecule has 0 radical (unpaired) electrons. The number of amides is 2. The summed E-state index contributed by atoms with van der Waals surface area (Å²) in [5.41, 5.74) is 0. The van der Waals surface area contributed by atoms with E-state index in [1.807, 2.05) is 0 Å². The first-order valence-corrected chi connectivity index (χ1v) is 6.72. The predicted molar refractivity (Wildman–Crippen MR) is 73.2 cm³/mol. The van der Waals surface area contributed by atoms with E-state index in [2.05, 4.69) is 19.2 Å². The lowest BCUT2D eigenvalue weighted by atomic mass is 10.1. The number of rotatable bonds is 10. The van der Waals surface area contributed by atoms with Gasteiger partial charge >= 0.3 is 12.0 Å². The minimum absolute atomic E-state index is 0.0793. The van der Waals surface area contributed by atoms with Crippen LogP contribution in [0.5, 0.6) is 0 Å². The van der Waals surface area contributed by atoms with Crippen LogP contribution in [0.15, 0.2) is 0 Å². The maximum absolute atomic E-state index is 11.6. The zero-order valence-electron chi connectivity index (χ0n) is 12.1. The molecule has 0 fully saturated rings. The van der Waals surface area contributed by atoms with Gasteiger partial charge in [-0.25, -0.2) is 4.79 Å². The van der Waals surface area contributed by atoms with E-state index < -0.39 is 5.97 Å². The highest BCUT2D eigenvalue weighted by Crippen LogP contribution is 1.98. The molecule has 2 N–H and O–H groups in total. The average molecular weight is 274 g/mol. The maximum Gasteiger partial charge on any atom is 0.317 e. The number of carbonyl (C=O) groups is 2. The second-order valence-corrected chi connectivity index (χ2v) is 4.95. The number of nitrogens with one attached hydrogen (secondary N) is 1. The van der Waals surface area contributed by atoms with Crippen molar-refractivity contribution in [2.24, 2.45) is 5.92 Å². The molecule has 0 aromatic heterocycles. The van der Waals surface area contributed by atoms with Gasteiger partial charge in [-0.2, -0.15) is 0 Å². The number of aliphatic carboxylic acids is 1. The molecule has 0 spiro atoms. The van der Waals surface area contributed by atoms with Gasteiger partial charge in [0.15, 0.2) is 0 Å². The van der Waals surface area contributed by atoms with Gasteiger partial charge in [-0.1, -0.05) is 13.8 Å². The lowest BCUT2D eigenvalue weighted by Crippen LogP contribution is -2.39. The lowest BCUT2D eigenvalue weighted by Gasteiger charge is -2.17. The SMILES string of the molecule is CC(C)CCOCCNC(=O)N(C)CCCC(=O)O. The van der Waals surface area contributed by atoms with Crippen LogP contribution in [-0.4, -0.2) is 55.4 Å². The average Bonchev–Trinajstić information content (AvgIpc) is 2.32. The first kappa shape index (κ1) is 17.7. The number of carboxylic acids is 1. The Labute approximate surface area is 115 Å². The van der Waals surface area contributed by atoms with Gasteiger partial charge in [0, 0.05) is 33.2 Å². The van der Waals surface area contributed by atoms with Crippen molar-refractivity contribution in [3.8, 4) is 0 Å². The molecule has 0 saturated heterocycles. The van der Waals surface area contributed by atoms with Gasteiger partial charge in [0.1, 0.15) is 0 Å². The summed E-state index contributed by atoms with van der Waals surface area (Å²) in [4.78, 5) is 23.4. The van der Waals surface area contributed by atoms with Gasteiger partial charge < -0.3 is 20.1 Å². The van der Waals surface area contributed by atoms with E-state index in [0.717, 1.165) is 6.42 Å². The van der Waals surface area contributed by atoms with E-state index >= 15 is 0 Å². The minimum Gasteiger partial charge on any atom is -0.481 e. The van der Waals surface area contributed by atoms with Gasteiger partial charge in [-0.05, 0) is 18.8 Å². The standard InChI is InChI=1S/C13H26N2O4/c1-11(2)6-9-19-10-7-14-13(18)15(3)8-4-5-12(16)17/h11H,4-10H2,1-3H3,(H,14,18)(H,16,17). The molecule has 0 aromatic rings. The van der Waals surface area contributed by atoms with Crippen LogP contribution >= 0.6 is 0 Å². The van der Waals surface area contributed by atoms with Crippen molar-refractivity contribution in [2.45, 2.75) is 33.1 Å². The van der Waals surface area contributed by atoms with Crippen LogP contribution in [0.25, 0.3) is 0 Å². The molecule has 0 unspecified atom stereocenters. The molecule has 19 heavy (non-hydrogen) atoms. The van der Waals surface area contributed by atoms with Crippen molar-refractivity contribution in [3.05, 3.63) is 0 Å². The van der Waals surface area contributed by atoms with Crippen LogP contribution in [0.4, 0.5) is 4.79 Å². The summed E-state index contributed by atoms with van der Waals surface area (Å²) in [5.74, 6) is -0.220. The topological polar surface area (TPSA) is 78.9 Å². The zero-order chi connectivity index (χ0) is 14.7. The second kappa shape index (κ2) is 10.6. The second-order valence-electron chi connectivity index (χ2n) is 4.95. The maximum atomic E-state index is 11.6. The monoisotopic (exact) mass is 274 g/mol. The van der Waals surface area contributed by atoms with Crippen LogP contribution in [0.1, 0.15) is 33.1 Å². The van der Waals surface area contributed by atoms with Crippen LogP contribution < -0.4 is 5.32 Å². The normalized spacial score (nSPS) is 10.5. The summed E-state index contributed by atoms with van der Waals surface area (Å²) in [6.07, 6.45) is 1.56. The van der Waals surface area contributed by atoms with Crippen LogP contribution in [0.3, 0.4) is 0 Å². The summed E-state index contributed by atoms with van der Waals surface area (Å²) in [6.45, 7) is 6.39. The number of nitrogens with zero attached hydrogens (tertiary/aromatic N) is 1. The van der Waals surface area contributed by atoms with Gasteiger partial charge in [0.25, 0.3) is 0 Å². The molecular weight excluding hydrogens is 248 g/mol. The summed E-state index contributed by atoms with van der Waals surface area (Å²) < 4.78 is 5.38. The number of carbonyl (C=O) groups excluding carboxylic acids is 1. The van der Waals surface area contributed by atoms with Gasteiger partial charge in [-0.3, -0.25) is 4.79 Å². The van der Waals surface area contributed by atoms with E-state index in [4.69, 9.17) is 9.84 Å². The molecule has 6 heteroatoms. The molecule has 0 bridgehead atoms. The first-order chi connectivity index (χ1) is 8.93. The van der Waals surface area contributed by atoms with E-state index in [0.29, 0.717) is 38.6 Å². The lowest BCUT2D eigenvalue weighted by molar-refractivity contribution is -0.137. The summed E-state index contributed by atoms with van der Waals surface area (Å²) in [7, 11) is 1.65. The van der Waals surface area contributed by atoms with Crippen molar-refractivity contribution in [2.75, 3.05) is 33.4 Å². The molecule has 0 aliphatic carbocycles. The molecule has 0 heterocycles. The van der Waals surface area contributed by atoms with E-state index in [1.54, 1.807) is 7.05 Å². The van der Waals surface area contributed by atoms with Crippen molar-refractivity contribution in [1.29, 1.82) is 0 Å². The van der Waals surface area contributed by atoms with Crippen molar-refractivity contribution >= 4 is 12.0 Å². The Balaban J connectivity index is 3.49. The Hall–Kier alpha value is -1.30. The quantitative estimate of drug-likeness (QED) is 0.592. The van der Waals surface area contributed by atoms with Crippen molar-refractivity contribution in [3.63, 3.8) is 0 Å². The first-order valence-electron chi connectivity index (χ1n) is 6.72. The summed E-state index contributed by atoms with van der Waals surface area (Å²) >= 11 is 0. The van der Waals surface area contributed by atoms with Gasteiger partial charge in [0.05, 0.1) is 6.61 Å². The molecule has 0 rings (SSSR count). The third-order valence-corrected chi connectivity index (χ3v) is 2.59. The number of hydrogen-bond acceptors (Lipinski definition) is 3. The van der Waals surface area contributed by atoms with E-state index in [1.165, 1.54) is 4.90 Å². The largest absolute Gasteiger partial charge is 0.481 e. The fourth-order valence-corrected chi connectivity index (χ4v) is 1.36. The summed E-state index contributed by atoms with van der Waals surface area (Å²) in [5, 5.41) is 11.2. The van der Waals surface area contributed by atoms with E-state index in [9.17, 15) is 9.59 Å². The van der Waals surface area contributed by atoms with Crippen LogP contribution in [0.2, 0.25) is 0 Å². The number of carboxylic acid groups (broad SMARTS) is 1. The third-order valence-electron chi connectivity index (χ3n) is 2.59. The number of urea groups is 1. The zero-order valence-corrected chi connectivity index (χ0v) is 12.1. The molecule has 0 aliphatic heterocycles. The number of ether oxygens (including phenoxy) is 1. The molecule has 2 amide bonds. The molecular formula is C13H26N2O4. The van der Waals surface area contributed by atoms with Crippen LogP contribution in [-0.2, 0) is 9.53 Å². The molecule has 0 aromatic carbocycles. The minimum atomic E-state index is -0.840. The smallest absolute Gasteiger partial charge is 0.317 e. The Bertz CT molecular complexity index is 269. The molecule has 0 atom stereocenters. The Morgan fingerprint density at radius 1 is 1.32 bits per heavy atom.